The van der Waals surface area contributed by atoms with Crippen molar-refractivity contribution >= 4 is 42.1 Å². The fraction of sp³-hybridized carbons (Fsp3) is 0.429. The molecule has 2 rings (SSSR count). The van der Waals surface area contributed by atoms with E-state index < -0.39 is 0 Å². The molecule has 2 N–H and O–H groups in total. The highest BCUT2D eigenvalue weighted by molar-refractivity contribution is 7.13. The maximum absolute atomic E-state index is 11.8. The SMILES string of the molecule is CNCCCNC(=O)Cc1nc(-c2cccs2)oc1C.Cl.Cl. The average molecular weight is 366 g/mol. The molecule has 0 aromatic carbocycles. The molecule has 0 aliphatic heterocycles. The lowest BCUT2D eigenvalue weighted by atomic mass is 10.2. The summed E-state index contributed by atoms with van der Waals surface area (Å²) >= 11 is 1.57. The highest BCUT2D eigenvalue weighted by Gasteiger charge is 2.14. The molecule has 0 unspecified atom stereocenters. The summed E-state index contributed by atoms with van der Waals surface area (Å²) in [6.07, 6.45) is 1.18. The number of hydrogen-bond donors (Lipinski definition) is 2. The topological polar surface area (TPSA) is 67.2 Å². The van der Waals surface area contributed by atoms with Crippen LogP contribution in [0, 0.1) is 6.92 Å². The Bertz CT molecular complexity index is 558. The molecular weight excluding hydrogens is 345 g/mol. The summed E-state index contributed by atoms with van der Waals surface area (Å²) in [5.74, 6) is 1.28. The molecule has 0 radical (unpaired) electrons. The largest absolute Gasteiger partial charge is 0.440 e. The van der Waals surface area contributed by atoms with E-state index in [9.17, 15) is 4.79 Å². The van der Waals surface area contributed by atoms with Crippen LogP contribution >= 0.6 is 36.2 Å². The summed E-state index contributed by atoms with van der Waals surface area (Å²) < 4.78 is 5.61. The third-order valence-electron chi connectivity index (χ3n) is 2.88. The van der Waals surface area contributed by atoms with Gasteiger partial charge in [0.15, 0.2) is 0 Å². The Morgan fingerprint density at radius 3 is 2.77 bits per heavy atom. The predicted octanol–water partition coefficient (Wildman–Crippen LogP) is 2.82. The zero-order valence-corrected chi connectivity index (χ0v) is 15.0. The Hall–Kier alpha value is -1.08. The third-order valence-corrected chi connectivity index (χ3v) is 3.74. The van der Waals surface area contributed by atoms with Crippen molar-refractivity contribution in [1.29, 1.82) is 0 Å². The van der Waals surface area contributed by atoms with E-state index in [1.165, 1.54) is 0 Å². The van der Waals surface area contributed by atoms with Gasteiger partial charge < -0.3 is 15.1 Å². The van der Waals surface area contributed by atoms with Gasteiger partial charge >= 0.3 is 0 Å². The van der Waals surface area contributed by atoms with Crippen molar-refractivity contribution in [3.63, 3.8) is 0 Å². The Morgan fingerprint density at radius 1 is 1.36 bits per heavy atom. The molecule has 124 valence electrons. The number of aromatic nitrogens is 1. The van der Waals surface area contributed by atoms with E-state index >= 15 is 0 Å². The van der Waals surface area contributed by atoms with Crippen molar-refractivity contribution < 1.29 is 9.21 Å². The van der Waals surface area contributed by atoms with Crippen molar-refractivity contribution in [1.82, 2.24) is 15.6 Å². The first-order chi connectivity index (χ1) is 9.70. The van der Waals surface area contributed by atoms with Gasteiger partial charge in [-0.1, -0.05) is 6.07 Å². The average Bonchev–Trinajstić information content (AvgIpc) is 3.05. The highest BCUT2D eigenvalue weighted by atomic mass is 35.5. The number of aryl methyl sites for hydroxylation is 1. The Morgan fingerprint density at radius 2 is 2.14 bits per heavy atom. The summed E-state index contributed by atoms with van der Waals surface area (Å²) in [6, 6.07) is 3.91. The van der Waals surface area contributed by atoms with E-state index in [-0.39, 0.29) is 37.1 Å². The van der Waals surface area contributed by atoms with Gasteiger partial charge in [-0.25, -0.2) is 4.98 Å². The lowest BCUT2D eigenvalue weighted by Gasteiger charge is -2.03. The van der Waals surface area contributed by atoms with Gasteiger partial charge in [-0.2, -0.15) is 0 Å². The monoisotopic (exact) mass is 365 g/mol. The predicted molar refractivity (Wildman–Crippen MR) is 94.3 cm³/mol. The smallest absolute Gasteiger partial charge is 0.236 e. The van der Waals surface area contributed by atoms with Crippen LogP contribution in [0.25, 0.3) is 10.8 Å². The molecule has 22 heavy (non-hydrogen) atoms. The number of hydrogen-bond acceptors (Lipinski definition) is 5. The number of rotatable bonds is 7. The third kappa shape index (κ3) is 5.96. The van der Waals surface area contributed by atoms with Crippen molar-refractivity contribution in [3.8, 4) is 10.8 Å². The zero-order valence-electron chi connectivity index (χ0n) is 12.5. The summed E-state index contributed by atoms with van der Waals surface area (Å²) in [4.78, 5) is 17.2. The van der Waals surface area contributed by atoms with Crippen LogP contribution in [0.1, 0.15) is 17.9 Å². The number of amides is 1. The first kappa shape index (κ1) is 20.9. The Balaban J connectivity index is 0.00000220. The van der Waals surface area contributed by atoms with E-state index in [0.29, 0.717) is 23.9 Å². The van der Waals surface area contributed by atoms with Crippen molar-refractivity contribution in [2.45, 2.75) is 19.8 Å². The molecule has 0 saturated heterocycles. The molecule has 0 fully saturated rings. The lowest BCUT2D eigenvalue weighted by Crippen LogP contribution is -2.28. The number of carbonyl (C=O) groups excluding carboxylic acids is 1. The first-order valence-electron chi connectivity index (χ1n) is 6.62. The van der Waals surface area contributed by atoms with Gasteiger partial charge in [0.2, 0.25) is 11.8 Å². The number of thiophene rings is 1. The second kappa shape index (κ2) is 10.6. The number of halogens is 2. The molecule has 1 amide bonds. The van der Waals surface area contributed by atoms with Crippen LogP contribution in [0.5, 0.6) is 0 Å². The maximum Gasteiger partial charge on any atom is 0.236 e. The number of nitrogens with zero attached hydrogens (tertiary/aromatic N) is 1. The maximum atomic E-state index is 11.8. The minimum Gasteiger partial charge on any atom is -0.440 e. The molecule has 0 spiro atoms. The van der Waals surface area contributed by atoms with Crippen LogP contribution < -0.4 is 10.6 Å². The Labute approximate surface area is 146 Å². The standard InChI is InChI=1S/C14H19N3O2S.2ClH/c1-10-11(9-13(18)16-7-4-6-15-2)17-14(19-10)12-5-3-8-20-12;;/h3,5,8,15H,4,6-7,9H2,1-2H3,(H,16,18);2*1H. The summed E-state index contributed by atoms with van der Waals surface area (Å²) in [5, 5.41) is 7.90. The molecule has 0 bridgehead atoms. The summed E-state index contributed by atoms with van der Waals surface area (Å²) in [5.41, 5.74) is 0.708. The van der Waals surface area contributed by atoms with E-state index in [1.54, 1.807) is 11.3 Å². The van der Waals surface area contributed by atoms with Gasteiger partial charge in [-0.3, -0.25) is 4.79 Å². The van der Waals surface area contributed by atoms with Crippen molar-refractivity contribution in [3.05, 3.63) is 29.0 Å². The molecule has 8 heteroatoms. The molecule has 2 aromatic heterocycles. The van der Waals surface area contributed by atoms with Crippen LogP contribution in [-0.4, -0.2) is 31.0 Å². The summed E-state index contributed by atoms with van der Waals surface area (Å²) in [6.45, 7) is 3.41. The van der Waals surface area contributed by atoms with Crippen molar-refractivity contribution in [2.24, 2.45) is 0 Å². The lowest BCUT2D eigenvalue weighted by molar-refractivity contribution is -0.120. The molecular formula is C14H21Cl2N3O2S. The van der Waals surface area contributed by atoms with Crippen LogP contribution in [0.3, 0.4) is 0 Å². The van der Waals surface area contributed by atoms with E-state index in [0.717, 1.165) is 17.8 Å². The van der Waals surface area contributed by atoms with Gasteiger partial charge in [0.25, 0.3) is 0 Å². The van der Waals surface area contributed by atoms with Crippen molar-refractivity contribution in [2.75, 3.05) is 20.1 Å². The Kier molecular flexibility index (Phi) is 10.1. The zero-order chi connectivity index (χ0) is 14.4. The van der Waals surface area contributed by atoms with Crippen LogP contribution in [0.15, 0.2) is 21.9 Å². The molecule has 2 heterocycles. The molecule has 0 saturated carbocycles. The minimum atomic E-state index is -0.0183. The first-order valence-corrected chi connectivity index (χ1v) is 7.50. The van der Waals surface area contributed by atoms with E-state index in [2.05, 4.69) is 15.6 Å². The van der Waals surface area contributed by atoms with Gasteiger partial charge in [0.1, 0.15) is 5.76 Å². The van der Waals surface area contributed by atoms with Gasteiger partial charge in [-0.05, 0) is 38.4 Å². The van der Waals surface area contributed by atoms with Crippen LogP contribution in [0.2, 0.25) is 0 Å². The van der Waals surface area contributed by atoms with E-state index in [4.69, 9.17) is 4.42 Å². The number of carbonyl (C=O) groups is 1. The fourth-order valence-electron chi connectivity index (χ4n) is 1.81. The second-order valence-corrected chi connectivity index (χ2v) is 5.43. The summed E-state index contributed by atoms with van der Waals surface area (Å²) in [7, 11) is 1.90. The molecule has 0 atom stereocenters. The van der Waals surface area contributed by atoms with Crippen LogP contribution in [-0.2, 0) is 11.2 Å². The number of oxazole rings is 1. The highest BCUT2D eigenvalue weighted by Crippen LogP contribution is 2.25. The second-order valence-electron chi connectivity index (χ2n) is 4.48. The van der Waals surface area contributed by atoms with E-state index in [1.807, 2.05) is 31.5 Å². The molecule has 5 nitrogen and oxygen atoms in total. The fourth-order valence-corrected chi connectivity index (χ4v) is 2.45. The molecule has 0 aliphatic carbocycles. The molecule has 0 aliphatic rings. The molecule has 2 aromatic rings. The normalized spacial score (nSPS) is 9.73. The van der Waals surface area contributed by atoms with Gasteiger partial charge in [0.05, 0.1) is 17.0 Å². The number of nitrogens with one attached hydrogen (secondary N) is 2. The van der Waals surface area contributed by atoms with Gasteiger partial charge in [0, 0.05) is 6.54 Å². The van der Waals surface area contributed by atoms with Gasteiger partial charge in [-0.15, -0.1) is 36.2 Å². The minimum absolute atomic E-state index is 0. The quantitative estimate of drug-likeness (QED) is 0.740. The van der Waals surface area contributed by atoms with Crippen LogP contribution in [0.4, 0.5) is 0 Å².